The molecule has 0 unspecified atom stereocenters. The molecule has 0 radical (unpaired) electrons. The van der Waals surface area contributed by atoms with Gasteiger partial charge in [0.1, 0.15) is 0 Å². The number of hydrogen-bond acceptors (Lipinski definition) is 3. The molecule has 0 rings (SSSR count). The minimum absolute atomic E-state index is 0.200. The second-order valence-corrected chi connectivity index (χ2v) is 2.10. The first kappa shape index (κ1) is 9.68. The third-order valence-electron chi connectivity index (χ3n) is 1.11. The molecule has 0 bridgehead atoms. The predicted octanol–water partition coefficient (Wildman–Crippen LogP) is 0.283. The van der Waals surface area contributed by atoms with Crippen LogP contribution in [-0.2, 0) is 9.59 Å². The van der Waals surface area contributed by atoms with E-state index in [9.17, 15) is 9.59 Å². The average molecular weight is 157 g/mol. The Bertz CT molecular complexity index is 175. The maximum Gasteiger partial charge on any atom is 0.217 e. The van der Waals surface area contributed by atoms with Gasteiger partial charge in [-0.15, -0.1) is 0 Å². The number of carbonyl (C=O) groups is 2. The highest BCUT2D eigenvalue weighted by Gasteiger charge is 1.98. The summed E-state index contributed by atoms with van der Waals surface area (Å²) in [7, 11) is 0. The summed E-state index contributed by atoms with van der Waals surface area (Å²) >= 11 is 0. The lowest BCUT2D eigenvalue weighted by Crippen LogP contribution is -2.10. The Kier molecular flexibility index (Phi) is 4.81. The van der Waals surface area contributed by atoms with Crippen LogP contribution in [0.5, 0.6) is 0 Å². The van der Waals surface area contributed by atoms with Crippen LogP contribution in [-0.4, -0.2) is 16.8 Å². The molecule has 0 aliphatic rings. The zero-order valence-electron chi connectivity index (χ0n) is 6.12. The maximum absolute atomic E-state index is 10.6. The summed E-state index contributed by atoms with van der Waals surface area (Å²) in [6.45, 7) is 0. The highest BCUT2D eigenvalue weighted by atomic mass is 16.2. The normalized spacial score (nSPS) is 10.2. The second kappa shape index (κ2) is 5.46. The highest BCUT2D eigenvalue weighted by Crippen LogP contribution is 1.95. The summed E-state index contributed by atoms with van der Waals surface area (Å²) in [5.41, 5.74) is 4.83. The van der Waals surface area contributed by atoms with Gasteiger partial charge in [-0.05, 0) is 6.42 Å². The summed E-state index contributed by atoms with van der Waals surface area (Å²) in [6.07, 6.45) is 2.65. The first-order valence-electron chi connectivity index (χ1n) is 3.28. The van der Waals surface area contributed by atoms with Crippen molar-refractivity contribution in [2.75, 3.05) is 0 Å². The number of ketones is 1. The van der Waals surface area contributed by atoms with Crippen LogP contribution in [0, 0.1) is 0 Å². The van der Waals surface area contributed by atoms with Crippen molar-refractivity contribution in [1.29, 1.82) is 0 Å². The monoisotopic (exact) mass is 157 g/mol. The molecule has 0 aliphatic heterocycles. The second-order valence-electron chi connectivity index (χ2n) is 2.10. The zero-order valence-corrected chi connectivity index (χ0v) is 6.12. The number of nitrogens with two attached hydrogens (primary N) is 1. The van der Waals surface area contributed by atoms with Gasteiger partial charge in [-0.3, -0.25) is 9.59 Å². The SMILES string of the molecule is NC(=O)CCCC(=O)/C=C/O. The van der Waals surface area contributed by atoms with Crippen molar-refractivity contribution in [2.45, 2.75) is 19.3 Å². The molecule has 0 aromatic heterocycles. The third-order valence-corrected chi connectivity index (χ3v) is 1.11. The lowest BCUT2D eigenvalue weighted by molar-refractivity contribution is -0.118. The van der Waals surface area contributed by atoms with E-state index in [1.165, 1.54) is 0 Å². The summed E-state index contributed by atoms with van der Waals surface area (Å²) < 4.78 is 0. The van der Waals surface area contributed by atoms with Gasteiger partial charge in [0.15, 0.2) is 5.78 Å². The third kappa shape index (κ3) is 6.57. The molecule has 0 saturated carbocycles. The number of allylic oxidation sites excluding steroid dienone is 1. The van der Waals surface area contributed by atoms with E-state index < -0.39 is 5.91 Å². The predicted molar refractivity (Wildman–Crippen MR) is 39.8 cm³/mol. The van der Waals surface area contributed by atoms with Crippen molar-refractivity contribution in [3.8, 4) is 0 Å². The molecule has 1 amide bonds. The first-order valence-corrected chi connectivity index (χ1v) is 3.28. The van der Waals surface area contributed by atoms with E-state index in [-0.39, 0.29) is 18.6 Å². The van der Waals surface area contributed by atoms with Crippen molar-refractivity contribution in [3.05, 3.63) is 12.3 Å². The summed E-state index contributed by atoms with van der Waals surface area (Å²) in [4.78, 5) is 20.8. The van der Waals surface area contributed by atoms with Crippen LogP contribution in [0.2, 0.25) is 0 Å². The molecule has 0 atom stereocenters. The van der Waals surface area contributed by atoms with E-state index in [1.807, 2.05) is 0 Å². The first-order chi connectivity index (χ1) is 5.16. The van der Waals surface area contributed by atoms with Gasteiger partial charge in [-0.1, -0.05) is 0 Å². The van der Waals surface area contributed by atoms with Gasteiger partial charge in [0.2, 0.25) is 5.91 Å². The van der Waals surface area contributed by atoms with Gasteiger partial charge in [-0.25, -0.2) is 0 Å². The fraction of sp³-hybridized carbons (Fsp3) is 0.429. The summed E-state index contributed by atoms with van der Waals surface area (Å²) in [5, 5.41) is 8.15. The summed E-state index contributed by atoms with van der Waals surface area (Å²) in [6, 6.07) is 0. The van der Waals surface area contributed by atoms with Crippen molar-refractivity contribution < 1.29 is 14.7 Å². The van der Waals surface area contributed by atoms with Crippen LogP contribution >= 0.6 is 0 Å². The van der Waals surface area contributed by atoms with Gasteiger partial charge in [0.05, 0.1) is 6.26 Å². The molecule has 4 heteroatoms. The van der Waals surface area contributed by atoms with Crippen molar-refractivity contribution in [2.24, 2.45) is 5.73 Å². The Balaban J connectivity index is 3.39. The Morgan fingerprint density at radius 1 is 1.36 bits per heavy atom. The van der Waals surface area contributed by atoms with Crippen molar-refractivity contribution in [3.63, 3.8) is 0 Å². The Hall–Kier alpha value is -1.32. The molecule has 0 aromatic rings. The molecule has 0 heterocycles. The van der Waals surface area contributed by atoms with Gasteiger partial charge in [0, 0.05) is 18.9 Å². The molecule has 0 aliphatic carbocycles. The van der Waals surface area contributed by atoms with E-state index in [0.29, 0.717) is 12.7 Å². The van der Waals surface area contributed by atoms with Crippen LogP contribution in [0.4, 0.5) is 0 Å². The fourth-order valence-electron chi connectivity index (χ4n) is 0.603. The number of aliphatic hydroxyl groups is 1. The molecule has 62 valence electrons. The molecule has 0 spiro atoms. The van der Waals surface area contributed by atoms with Crippen LogP contribution in [0.3, 0.4) is 0 Å². The van der Waals surface area contributed by atoms with E-state index in [0.717, 1.165) is 6.08 Å². The molecule has 11 heavy (non-hydrogen) atoms. The number of hydrogen-bond donors (Lipinski definition) is 2. The number of carbonyl (C=O) groups excluding carboxylic acids is 2. The Labute approximate surface area is 64.7 Å². The van der Waals surface area contributed by atoms with E-state index >= 15 is 0 Å². The van der Waals surface area contributed by atoms with Crippen molar-refractivity contribution >= 4 is 11.7 Å². The molecule has 0 aromatic carbocycles. The van der Waals surface area contributed by atoms with Crippen molar-refractivity contribution in [1.82, 2.24) is 0 Å². The molecule has 0 fully saturated rings. The minimum Gasteiger partial charge on any atom is -0.515 e. The van der Waals surface area contributed by atoms with E-state index in [2.05, 4.69) is 0 Å². The molecule has 3 N–H and O–H groups in total. The van der Waals surface area contributed by atoms with Gasteiger partial charge in [-0.2, -0.15) is 0 Å². The topological polar surface area (TPSA) is 80.4 Å². The van der Waals surface area contributed by atoms with Gasteiger partial charge in [0.25, 0.3) is 0 Å². The van der Waals surface area contributed by atoms with Gasteiger partial charge >= 0.3 is 0 Å². The zero-order chi connectivity index (χ0) is 8.69. The lowest BCUT2D eigenvalue weighted by Gasteiger charge is -1.92. The average Bonchev–Trinajstić information content (AvgIpc) is 1.87. The van der Waals surface area contributed by atoms with E-state index in [1.54, 1.807) is 0 Å². The molecular formula is C7H11NO3. The van der Waals surface area contributed by atoms with Crippen LogP contribution < -0.4 is 5.73 Å². The standard InChI is InChI=1S/C7H11NO3/c8-7(11)3-1-2-6(10)4-5-9/h4-5,9H,1-3H2,(H2,8,11)/b5-4+. The molecule has 4 nitrogen and oxygen atoms in total. The lowest BCUT2D eigenvalue weighted by atomic mass is 10.2. The van der Waals surface area contributed by atoms with Crippen LogP contribution in [0.1, 0.15) is 19.3 Å². The van der Waals surface area contributed by atoms with E-state index in [4.69, 9.17) is 10.8 Å². The fourth-order valence-corrected chi connectivity index (χ4v) is 0.603. The molecule has 0 saturated heterocycles. The number of primary amides is 1. The van der Waals surface area contributed by atoms with Crippen LogP contribution in [0.25, 0.3) is 0 Å². The van der Waals surface area contributed by atoms with Crippen LogP contribution in [0.15, 0.2) is 12.3 Å². The summed E-state index contributed by atoms with van der Waals surface area (Å²) in [5.74, 6) is -0.612. The maximum atomic E-state index is 10.6. The number of amides is 1. The van der Waals surface area contributed by atoms with Gasteiger partial charge < -0.3 is 10.8 Å². The highest BCUT2D eigenvalue weighted by molar-refractivity contribution is 5.89. The number of rotatable bonds is 5. The Morgan fingerprint density at radius 3 is 2.45 bits per heavy atom. The Morgan fingerprint density at radius 2 is 2.00 bits per heavy atom. The smallest absolute Gasteiger partial charge is 0.217 e. The quantitative estimate of drug-likeness (QED) is 0.444. The number of aliphatic hydroxyl groups excluding tert-OH is 1. The largest absolute Gasteiger partial charge is 0.515 e. The minimum atomic E-state index is -0.411. The molecular weight excluding hydrogens is 146 g/mol.